The van der Waals surface area contributed by atoms with Crippen LogP contribution >= 0.6 is 23.1 Å². The third-order valence-electron chi connectivity index (χ3n) is 4.25. The van der Waals surface area contributed by atoms with Gasteiger partial charge in [-0.25, -0.2) is 4.98 Å². The summed E-state index contributed by atoms with van der Waals surface area (Å²) in [4.78, 5) is 9.06. The first-order valence-corrected chi connectivity index (χ1v) is 11.3. The Bertz CT molecular complexity index is 1120. The van der Waals surface area contributed by atoms with Crippen LogP contribution in [0.1, 0.15) is 17.1 Å². The van der Waals surface area contributed by atoms with Gasteiger partial charge >= 0.3 is 0 Å². The minimum atomic E-state index is 0.353. The van der Waals surface area contributed by atoms with Crippen LogP contribution < -0.4 is 4.74 Å². The minimum Gasteiger partial charge on any atom is -0.486 e. The molecule has 3 heterocycles. The van der Waals surface area contributed by atoms with Gasteiger partial charge in [0.05, 0.1) is 11.4 Å². The molecule has 0 aliphatic rings. The van der Waals surface area contributed by atoms with Crippen molar-refractivity contribution in [2.24, 2.45) is 0 Å². The zero-order valence-electron chi connectivity index (χ0n) is 16.6. The molecular weight excluding hydrogens is 414 g/mol. The maximum Gasteiger partial charge on any atom is 0.191 e. The molecule has 0 fully saturated rings. The Morgan fingerprint density at radius 3 is 2.93 bits per heavy atom. The molecule has 3 aromatic heterocycles. The number of nitrogens with zero attached hydrogens (tertiary/aromatic N) is 5. The molecule has 0 bridgehead atoms. The SMILES string of the molecule is C=CCn1c(COc2cccc(C)c2)nnc1SCc1csc(-c2ccccn2)n1. The van der Waals surface area contributed by atoms with Crippen molar-refractivity contribution in [3.8, 4) is 16.5 Å². The van der Waals surface area contributed by atoms with Crippen LogP contribution in [0.15, 0.2) is 71.9 Å². The molecular formula is C22H21N5OS2. The van der Waals surface area contributed by atoms with Gasteiger partial charge in [-0.3, -0.25) is 9.55 Å². The first-order valence-electron chi connectivity index (χ1n) is 9.44. The van der Waals surface area contributed by atoms with E-state index in [1.807, 2.05) is 60.0 Å². The Labute approximate surface area is 183 Å². The van der Waals surface area contributed by atoms with E-state index in [4.69, 9.17) is 9.72 Å². The lowest BCUT2D eigenvalue weighted by atomic mass is 10.2. The van der Waals surface area contributed by atoms with Gasteiger partial charge in [0.15, 0.2) is 11.0 Å². The van der Waals surface area contributed by atoms with E-state index >= 15 is 0 Å². The molecule has 152 valence electrons. The van der Waals surface area contributed by atoms with Gasteiger partial charge in [0, 0.05) is 23.9 Å². The van der Waals surface area contributed by atoms with Crippen LogP contribution in [-0.4, -0.2) is 24.7 Å². The smallest absolute Gasteiger partial charge is 0.191 e. The van der Waals surface area contributed by atoms with Crippen LogP contribution in [0.3, 0.4) is 0 Å². The normalized spacial score (nSPS) is 10.8. The molecule has 0 aliphatic heterocycles. The summed E-state index contributed by atoms with van der Waals surface area (Å²) in [5.41, 5.74) is 3.05. The molecule has 0 amide bonds. The molecule has 4 aromatic rings. The van der Waals surface area contributed by atoms with E-state index in [0.29, 0.717) is 18.9 Å². The summed E-state index contributed by atoms with van der Waals surface area (Å²) in [6, 6.07) is 13.8. The first-order chi connectivity index (χ1) is 14.7. The summed E-state index contributed by atoms with van der Waals surface area (Å²) >= 11 is 3.20. The van der Waals surface area contributed by atoms with Gasteiger partial charge < -0.3 is 4.74 Å². The van der Waals surface area contributed by atoms with E-state index in [2.05, 4.69) is 27.1 Å². The standard InChI is InChI=1S/C22H21N5OS2/c1-3-11-27-20(13-28-18-8-6-7-16(2)12-18)25-26-22(27)30-15-17-14-29-21(24-17)19-9-4-5-10-23-19/h3-10,12,14H,1,11,13,15H2,2H3. The molecule has 0 saturated heterocycles. The zero-order chi connectivity index (χ0) is 20.8. The lowest BCUT2D eigenvalue weighted by Gasteiger charge is -2.09. The van der Waals surface area contributed by atoms with Crippen LogP contribution in [0.2, 0.25) is 0 Å². The fraction of sp³-hybridized carbons (Fsp3) is 0.182. The molecule has 8 heteroatoms. The maximum absolute atomic E-state index is 5.90. The van der Waals surface area contributed by atoms with Crippen LogP contribution in [0.5, 0.6) is 5.75 Å². The molecule has 0 radical (unpaired) electrons. The van der Waals surface area contributed by atoms with E-state index in [1.165, 1.54) is 0 Å². The van der Waals surface area contributed by atoms with Gasteiger partial charge in [0.1, 0.15) is 17.4 Å². The van der Waals surface area contributed by atoms with Crippen molar-refractivity contribution in [3.63, 3.8) is 0 Å². The predicted molar refractivity (Wildman–Crippen MR) is 121 cm³/mol. The van der Waals surface area contributed by atoms with Crippen molar-refractivity contribution in [2.75, 3.05) is 0 Å². The molecule has 0 atom stereocenters. The highest BCUT2D eigenvalue weighted by Crippen LogP contribution is 2.27. The first kappa shape index (κ1) is 20.3. The molecule has 0 spiro atoms. The Balaban J connectivity index is 1.43. The summed E-state index contributed by atoms with van der Waals surface area (Å²) in [5, 5.41) is 12.5. The molecule has 4 rings (SSSR count). The highest BCUT2D eigenvalue weighted by Gasteiger charge is 2.14. The Morgan fingerprint density at radius 1 is 1.20 bits per heavy atom. The number of pyridine rings is 1. The number of thiazole rings is 1. The Morgan fingerprint density at radius 2 is 2.13 bits per heavy atom. The van der Waals surface area contributed by atoms with Crippen LogP contribution in [0.4, 0.5) is 0 Å². The fourth-order valence-electron chi connectivity index (χ4n) is 2.82. The highest BCUT2D eigenvalue weighted by molar-refractivity contribution is 7.98. The Kier molecular flexibility index (Phi) is 6.56. The maximum atomic E-state index is 5.90. The van der Waals surface area contributed by atoms with E-state index in [0.717, 1.165) is 38.7 Å². The molecule has 30 heavy (non-hydrogen) atoms. The lowest BCUT2D eigenvalue weighted by molar-refractivity contribution is 0.289. The third-order valence-corrected chi connectivity index (χ3v) is 6.16. The van der Waals surface area contributed by atoms with Crippen molar-refractivity contribution < 1.29 is 4.74 Å². The number of ether oxygens (including phenoxy) is 1. The van der Waals surface area contributed by atoms with Gasteiger partial charge in [0.2, 0.25) is 0 Å². The van der Waals surface area contributed by atoms with Crippen LogP contribution in [-0.2, 0) is 18.9 Å². The monoisotopic (exact) mass is 435 g/mol. The fourth-order valence-corrected chi connectivity index (χ4v) is 4.58. The van der Waals surface area contributed by atoms with E-state index < -0.39 is 0 Å². The number of thioether (sulfide) groups is 1. The second kappa shape index (κ2) is 9.69. The largest absolute Gasteiger partial charge is 0.486 e. The van der Waals surface area contributed by atoms with Gasteiger partial charge in [-0.05, 0) is 36.8 Å². The summed E-state index contributed by atoms with van der Waals surface area (Å²) in [6.45, 7) is 6.88. The molecule has 0 unspecified atom stereocenters. The Hall–Kier alpha value is -2.97. The van der Waals surface area contributed by atoms with Crippen molar-refractivity contribution in [3.05, 3.63) is 83.8 Å². The molecule has 0 aliphatic carbocycles. The van der Waals surface area contributed by atoms with Crippen molar-refractivity contribution in [1.29, 1.82) is 0 Å². The number of benzene rings is 1. The molecule has 0 saturated carbocycles. The lowest BCUT2D eigenvalue weighted by Crippen LogP contribution is -2.07. The van der Waals surface area contributed by atoms with Crippen molar-refractivity contribution in [2.45, 2.75) is 31.0 Å². The molecule has 1 aromatic carbocycles. The van der Waals surface area contributed by atoms with E-state index in [1.54, 1.807) is 29.3 Å². The van der Waals surface area contributed by atoms with E-state index in [-0.39, 0.29) is 0 Å². The van der Waals surface area contributed by atoms with Gasteiger partial charge in [-0.15, -0.1) is 28.1 Å². The summed E-state index contributed by atoms with van der Waals surface area (Å²) < 4.78 is 7.93. The summed E-state index contributed by atoms with van der Waals surface area (Å²) in [5.74, 6) is 2.30. The number of rotatable bonds is 9. The van der Waals surface area contributed by atoms with Crippen LogP contribution in [0.25, 0.3) is 10.7 Å². The predicted octanol–water partition coefficient (Wildman–Crippen LogP) is 5.16. The number of aromatic nitrogens is 5. The van der Waals surface area contributed by atoms with Gasteiger partial charge in [0.25, 0.3) is 0 Å². The average Bonchev–Trinajstić information content (AvgIpc) is 3.39. The van der Waals surface area contributed by atoms with Crippen molar-refractivity contribution in [1.82, 2.24) is 24.7 Å². The third kappa shape index (κ3) is 4.95. The zero-order valence-corrected chi connectivity index (χ0v) is 18.2. The molecule has 0 N–H and O–H groups in total. The molecule has 6 nitrogen and oxygen atoms in total. The second-order valence-electron chi connectivity index (χ2n) is 6.55. The summed E-state index contributed by atoms with van der Waals surface area (Å²) in [6.07, 6.45) is 3.62. The number of allylic oxidation sites excluding steroid dienone is 1. The topological polar surface area (TPSA) is 65.7 Å². The highest BCUT2D eigenvalue weighted by atomic mass is 32.2. The quantitative estimate of drug-likeness (QED) is 0.267. The second-order valence-corrected chi connectivity index (χ2v) is 8.35. The number of hydrogen-bond acceptors (Lipinski definition) is 7. The number of hydrogen-bond donors (Lipinski definition) is 0. The van der Waals surface area contributed by atoms with Gasteiger partial charge in [-0.2, -0.15) is 0 Å². The minimum absolute atomic E-state index is 0.353. The van der Waals surface area contributed by atoms with Gasteiger partial charge in [-0.1, -0.05) is 36.0 Å². The number of aryl methyl sites for hydroxylation is 1. The van der Waals surface area contributed by atoms with Crippen molar-refractivity contribution >= 4 is 23.1 Å². The van der Waals surface area contributed by atoms with E-state index in [9.17, 15) is 0 Å². The average molecular weight is 436 g/mol. The van der Waals surface area contributed by atoms with Crippen LogP contribution in [0, 0.1) is 6.92 Å². The summed E-state index contributed by atoms with van der Waals surface area (Å²) in [7, 11) is 0.